The number of aliphatic hydroxyl groups is 1. The van der Waals surface area contributed by atoms with Crippen LogP contribution in [0.15, 0.2) is 36.5 Å². The van der Waals surface area contributed by atoms with Crippen molar-refractivity contribution < 1.29 is 19.4 Å². The molecular weight excluding hydrogens is 412 g/mol. The van der Waals surface area contributed by atoms with Gasteiger partial charge in [-0.05, 0) is 44.9 Å². The molecule has 0 saturated heterocycles. The molecule has 0 aromatic carbocycles. The third-order valence-corrected chi connectivity index (χ3v) is 5.48. The lowest BCUT2D eigenvalue weighted by molar-refractivity contribution is -0.154. The largest absolute Gasteiger partial charge is 0.457 e. The van der Waals surface area contributed by atoms with Gasteiger partial charge in [0.2, 0.25) is 0 Å². The van der Waals surface area contributed by atoms with Crippen LogP contribution >= 0.6 is 0 Å². The van der Waals surface area contributed by atoms with Crippen LogP contribution in [-0.2, 0) is 14.3 Å². The molecule has 1 atom stereocenters. The summed E-state index contributed by atoms with van der Waals surface area (Å²) in [7, 11) is 0. The van der Waals surface area contributed by atoms with Crippen molar-refractivity contribution in [3.63, 3.8) is 0 Å². The van der Waals surface area contributed by atoms with Gasteiger partial charge >= 0.3 is 5.97 Å². The second kappa shape index (κ2) is 26.9. The van der Waals surface area contributed by atoms with E-state index in [2.05, 4.69) is 50.3 Å². The van der Waals surface area contributed by atoms with Crippen molar-refractivity contribution in [3.05, 3.63) is 36.5 Å². The fourth-order valence-corrected chi connectivity index (χ4v) is 3.46. The van der Waals surface area contributed by atoms with Crippen LogP contribution in [0.25, 0.3) is 0 Å². The highest BCUT2D eigenvalue weighted by atomic mass is 16.6. The molecule has 0 aromatic heterocycles. The summed E-state index contributed by atoms with van der Waals surface area (Å²) >= 11 is 0. The summed E-state index contributed by atoms with van der Waals surface area (Å²) in [4.78, 5) is 12.0. The summed E-state index contributed by atoms with van der Waals surface area (Å²) in [6.45, 7) is 5.15. The Kier molecular flexibility index (Phi) is 25.7. The van der Waals surface area contributed by atoms with Crippen molar-refractivity contribution >= 4 is 5.97 Å². The molecule has 1 unspecified atom stereocenters. The zero-order valence-electron chi connectivity index (χ0n) is 21.6. The van der Waals surface area contributed by atoms with Gasteiger partial charge in [-0.2, -0.15) is 0 Å². The van der Waals surface area contributed by atoms with Crippen molar-refractivity contribution in [2.45, 2.75) is 123 Å². The second-order valence-electron chi connectivity index (χ2n) is 8.74. The molecule has 33 heavy (non-hydrogen) atoms. The van der Waals surface area contributed by atoms with E-state index < -0.39 is 6.10 Å². The number of aliphatic hydroxyl groups excluding tert-OH is 1. The van der Waals surface area contributed by atoms with Crippen LogP contribution in [0, 0.1) is 0 Å². The SMILES string of the molecule is CCC=CCC=CCC=CCCCCCCCC(=O)OC(CO)COCCCCCCCC. The first-order chi connectivity index (χ1) is 16.2. The minimum atomic E-state index is -0.535. The molecule has 0 heterocycles. The van der Waals surface area contributed by atoms with Gasteiger partial charge in [-0.25, -0.2) is 0 Å². The maximum absolute atomic E-state index is 12.0. The zero-order chi connectivity index (χ0) is 24.2. The number of ether oxygens (including phenoxy) is 2. The summed E-state index contributed by atoms with van der Waals surface area (Å²) < 4.78 is 10.9. The number of unbranched alkanes of at least 4 members (excludes halogenated alkanes) is 10. The van der Waals surface area contributed by atoms with Crippen molar-refractivity contribution in [2.24, 2.45) is 0 Å². The van der Waals surface area contributed by atoms with Gasteiger partial charge in [0.1, 0.15) is 6.10 Å². The lowest BCUT2D eigenvalue weighted by Crippen LogP contribution is -2.27. The van der Waals surface area contributed by atoms with E-state index in [1.165, 1.54) is 44.9 Å². The Morgan fingerprint density at radius 1 is 0.758 bits per heavy atom. The van der Waals surface area contributed by atoms with Crippen LogP contribution in [0.5, 0.6) is 0 Å². The number of allylic oxidation sites excluding steroid dienone is 6. The van der Waals surface area contributed by atoms with Gasteiger partial charge in [0, 0.05) is 13.0 Å². The molecule has 0 aliphatic heterocycles. The number of rotatable bonds is 24. The second-order valence-corrected chi connectivity index (χ2v) is 8.74. The van der Waals surface area contributed by atoms with Crippen LogP contribution in [0.4, 0.5) is 0 Å². The molecule has 0 fully saturated rings. The molecule has 4 nitrogen and oxygen atoms in total. The third-order valence-electron chi connectivity index (χ3n) is 5.48. The van der Waals surface area contributed by atoms with Crippen LogP contribution in [0.3, 0.4) is 0 Å². The molecular formula is C29H52O4. The molecule has 0 bridgehead atoms. The predicted octanol–water partition coefficient (Wildman–Crippen LogP) is 7.86. The molecule has 0 radical (unpaired) electrons. The van der Waals surface area contributed by atoms with Gasteiger partial charge in [0.15, 0.2) is 0 Å². The van der Waals surface area contributed by atoms with Crippen LogP contribution in [0.2, 0.25) is 0 Å². The highest BCUT2D eigenvalue weighted by molar-refractivity contribution is 5.69. The topological polar surface area (TPSA) is 55.8 Å². The van der Waals surface area contributed by atoms with Gasteiger partial charge in [-0.3, -0.25) is 4.79 Å². The molecule has 0 aliphatic rings. The molecule has 0 aromatic rings. The first-order valence-electron chi connectivity index (χ1n) is 13.6. The first kappa shape index (κ1) is 31.6. The Morgan fingerprint density at radius 2 is 1.36 bits per heavy atom. The number of carbonyl (C=O) groups is 1. The van der Waals surface area contributed by atoms with E-state index in [4.69, 9.17) is 9.47 Å². The van der Waals surface area contributed by atoms with E-state index in [0.29, 0.717) is 13.0 Å². The number of hydrogen-bond donors (Lipinski definition) is 1. The maximum Gasteiger partial charge on any atom is 0.306 e. The minimum absolute atomic E-state index is 0.179. The number of carbonyl (C=O) groups excluding carboxylic acids is 1. The van der Waals surface area contributed by atoms with Gasteiger partial charge < -0.3 is 14.6 Å². The van der Waals surface area contributed by atoms with E-state index in [-0.39, 0.29) is 19.2 Å². The summed E-state index contributed by atoms with van der Waals surface area (Å²) in [6, 6.07) is 0. The summed E-state index contributed by atoms with van der Waals surface area (Å²) in [5.41, 5.74) is 0. The molecule has 1 N–H and O–H groups in total. The normalized spacial score (nSPS) is 12.9. The van der Waals surface area contributed by atoms with Crippen LogP contribution in [-0.4, -0.2) is 37.0 Å². The van der Waals surface area contributed by atoms with E-state index in [1.54, 1.807) is 0 Å². The molecule has 192 valence electrons. The molecule has 0 rings (SSSR count). The zero-order valence-corrected chi connectivity index (χ0v) is 21.6. The fourth-order valence-electron chi connectivity index (χ4n) is 3.46. The Labute approximate surface area is 204 Å². The van der Waals surface area contributed by atoms with E-state index in [9.17, 15) is 9.90 Å². The van der Waals surface area contributed by atoms with Gasteiger partial charge in [0.25, 0.3) is 0 Å². The first-order valence-corrected chi connectivity index (χ1v) is 13.6. The van der Waals surface area contributed by atoms with E-state index in [0.717, 1.165) is 51.4 Å². The average Bonchev–Trinajstić information content (AvgIpc) is 2.82. The summed E-state index contributed by atoms with van der Waals surface area (Å²) in [5, 5.41) is 9.41. The Balaban J connectivity index is 3.53. The standard InChI is InChI=1S/C29H52O4/c1-3-5-7-9-11-12-13-14-15-16-17-18-19-20-22-24-29(31)33-28(26-30)27-32-25-23-21-10-8-6-4-2/h5,7,11-12,14-15,28,30H,3-4,6,8-10,13,16-27H2,1-2H3. The summed E-state index contributed by atoms with van der Waals surface area (Å²) in [6.07, 6.45) is 30.3. The molecule has 0 saturated carbocycles. The van der Waals surface area contributed by atoms with Gasteiger partial charge in [-0.1, -0.05) is 102 Å². The fraction of sp³-hybridized carbons (Fsp3) is 0.759. The predicted molar refractivity (Wildman–Crippen MR) is 140 cm³/mol. The van der Waals surface area contributed by atoms with Crippen molar-refractivity contribution in [1.29, 1.82) is 0 Å². The summed E-state index contributed by atoms with van der Waals surface area (Å²) in [5.74, 6) is -0.224. The highest BCUT2D eigenvalue weighted by Crippen LogP contribution is 2.10. The van der Waals surface area contributed by atoms with Crippen molar-refractivity contribution in [3.8, 4) is 0 Å². The Bertz CT molecular complexity index is 496. The average molecular weight is 465 g/mol. The smallest absolute Gasteiger partial charge is 0.306 e. The maximum atomic E-state index is 12.0. The van der Waals surface area contributed by atoms with E-state index in [1.807, 2.05) is 0 Å². The van der Waals surface area contributed by atoms with Crippen molar-refractivity contribution in [2.75, 3.05) is 19.8 Å². The lowest BCUT2D eigenvalue weighted by Gasteiger charge is -2.15. The Hall–Kier alpha value is -1.39. The van der Waals surface area contributed by atoms with Crippen LogP contribution < -0.4 is 0 Å². The molecule has 0 amide bonds. The lowest BCUT2D eigenvalue weighted by atomic mass is 10.1. The van der Waals surface area contributed by atoms with Crippen LogP contribution in [0.1, 0.15) is 117 Å². The number of hydrogen-bond acceptors (Lipinski definition) is 4. The van der Waals surface area contributed by atoms with Gasteiger partial charge in [-0.15, -0.1) is 0 Å². The van der Waals surface area contributed by atoms with E-state index >= 15 is 0 Å². The quantitative estimate of drug-likeness (QED) is 0.0897. The highest BCUT2D eigenvalue weighted by Gasteiger charge is 2.13. The third kappa shape index (κ3) is 25.1. The van der Waals surface area contributed by atoms with Crippen molar-refractivity contribution in [1.82, 2.24) is 0 Å². The Morgan fingerprint density at radius 3 is 2.06 bits per heavy atom. The van der Waals surface area contributed by atoms with Gasteiger partial charge in [0.05, 0.1) is 13.2 Å². The monoisotopic (exact) mass is 464 g/mol. The molecule has 0 aliphatic carbocycles. The number of esters is 1. The minimum Gasteiger partial charge on any atom is -0.457 e. The molecule has 0 spiro atoms. The molecule has 4 heteroatoms.